The fourth-order valence-electron chi connectivity index (χ4n) is 4.38. The molecule has 1 amide bonds. The fraction of sp³-hybridized carbons (Fsp3) is 0.522. The first kappa shape index (κ1) is 22.0. The van der Waals surface area contributed by atoms with Gasteiger partial charge in [0.2, 0.25) is 5.88 Å². The highest BCUT2D eigenvalue weighted by Crippen LogP contribution is 2.26. The molecule has 1 aromatic carbocycles. The van der Waals surface area contributed by atoms with Crippen LogP contribution < -0.4 is 4.74 Å². The third kappa shape index (κ3) is 5.37. The van der Waals surface area contributed by atoms with Crippen LogP contribution in [0.5, 0.6) is 5.88 Å². The van der Waals surface area contributed by atoms with Crippen LogP contribution >= 0.6 is 11.8 Å². The quantitative estimate of drug-likeness (QED) is 0.629. The smallest absolute Gasteiger partial charge is 0.254 e. The van der Waals surface area contributed by atoms with Crippen LogP contribution in [-0.2, 0) is 6.42 Å². The molecule has 0 aliphatic carbocycles. The molecule has 2 aliphatic heterocycles. The van der Waals surface area contributed by atoms with Gasteiger partial charge in [-0.1, -0.05) is 25.1 Å². The molecule has 1 atom stereocenters. The molecular weight excluding hydrogens is 412 g/mol. The van der Waals surface area contributed by atoms with Crippen molar-refractivity contribution in [3.63, 3.8) is 0 Å². The lowest BCUT2D eigenvalue weighted by Crippen LogP contribution is -2.51. The summed E-state index contributed by atoms with van der Waals surface area (Å²) in [6.07, 6.45) is 5.45. The van der Waals surface area contributed by atoms with Crippen LogP contribution in [0.2, 0.25) is 0 Å². The van der Waals surface area contributed by atoms with Gasteiger partial charge in [-0.05, 0) is 36.6 Å². The number of ether oxygens (including phenoxy) is 1. The summed E-state index contributed by atoms with van der Waals surface area (Å²) in [6.45, 7) is 5.34. The number of piperidine rings is 1. The molecule has 0 bridgehead atoms. The number of carbonyl (C=O) groups is 1. The van der Waals surface area contributed by atoms with E-state index in [1.165, 1.54) is 0 Å². The molecule has 1 fully saturated rings. The second-order valence-corrected chi connectivity index (χ2v) is 9.25. The van der Waals surface area contributed by atoms with Gasteiger partial charge in [0.1, 0.15) is 12.7 Å². The molecule has 0 saturated carbocycles. The number of aromatic nitrogens is 2. The summed E-state index contributed by atoms with van der Waals surface area (Å²) in [5.74, 6) is 1.53. The first-order valence-electron chi connectivity index (χ1n) is 11.0. The average molecular weight is 443 g/mol. The summed E-state index contributed by atoms with van der Waals surface area (Å²) < 4.78 is 5.73. The van der Waals surface area contributed by atoms with Gasteiger partial charge in [-0.2, -0.15) is 0 Å². The summed E-state index contributed by atoms with van der Waals surface area (Å²) in [5, 5.41) is 11.2. The van der Waals surface area contributed by atoms with Crippen molar-refractivity contribution in [2.45, 2.75) is 43.4 Å². The van der Waals surface area contributed by atoms with Crippen molar-refractivity contribution in [1.82, 2.24) is 19.8 Å². The zero-order chi connectivity index (χ0) is 21.6. The van der Waals surface area contributed by atoms with E-state index in [4.69, 9.17) is 4.74 Å². The molecule has 1 saturated heterocycles. The maximum Gasteiger partial charge on any atom is 0.254 e. The van der Waals surface area contributed by atoms with Crippen molar-refractivity contribution in [3.8, 4) is 5.88 Å². The maximum absolute atomic E-state index is 12.9. The van der Waals surface area contributed by atoms with Crippen LogP contribution in [0, 0.1) is 0 Å². The van der Waals surface area contributed by atoms with E-state index in [1.54, 1.807) is 24.2 Å². The number of hydrogen-bond acceptors (Lipinski definition) is 7. The van der Waals surface area contributed by atoms with Crippen molar-refractivity contribution in [1.29, 1.82) is 0 Å². The fourth-order valence-corrected chi connectivity index (χ4v) is 5.02. The Labute approximate surface area is 187 Å². The van der Waals surface area contributed by atoms with Gasteiger partial charge in [0.25, 0.3) is 5.91 Å². The first-order valence-corrected chi connectivity index (χ1v) is 12.0. The third-order valence-electron chi connectivity index (χ3n) is 5.92. The van der Waals surface area contributed by atoms with Crippen LogP contribution in [-0.4, -0.2) is 81.5 Å². The largest absolute Gasteiger partial charge is 0.473 e. The summed E-state index contributed by atoms with van der Waals surface area (Å²) in [4.78, 5) is 25.7. The monoisotopic (exact) mass is 442 g/mol. The predicted molar refractivity (Wildman–Crippen MR) is 121 cm³/mol. The lowest BCUT2D eigenvalue weighted by Gasteiger charge is -2.41. The first-order chi connectivity index (χ1) is 15.2. The van der Waals surface area contributed by atoms with E-state index in [0.29, 0.717) is 12.4 Å². The molecule has 7 nitrogen and oxygen atoms in total. The number of benzene rings is 1. The number of likely N-dealkylation sites (tertiary alicyclic amines) is 1. The zero-order valence-corrected chi connectivity index (χ0v) is 18.8. The Hall–Kier alpha value is -2.16. The van der Waals surface area contributed by atoms with Crippen molar-refractivity contribution in [3.05, 3.63) is 47.8 Å². The SMILES string of the molecule is CCSc1nccnc1OCC(O)CN1CCC(N2CCc3ccccc3C2=O)CC1. The van der Waals surface area contributed by atoms with Crippen molar-refractivity contribution >= 4 is 17.7 Å². The lowest BCUT2D eigenvalue weighted by atomic mass is 9.95. The topological polar surface area (TPSA) is 78.8 Å². The van der Waals surface area contributed by atoms with Crippen LogP contribution in [0.3, 0.4) is 0 Å². The molecule has 8 heteroatoms. The van der Waals surface area contributed by atoms with Gasteiger partial charge in [-0.15, -0.1) is 11.8 Å². The van der Waals surface area contributed by atoms with E-state index < -0.39 is 6.10 Å². The van der Waals surface area contributed by atoms with E-state index in [1.807, 2.05) is 18.2 Å². The van der Waals surface area contributed by atoms with E-state index in [-0.39, 0.29) is 18.6 Å². The standard InChI is InChI=1S/C23H30N4O3S/c1-2-31-22-21(24-10-11-25-22)30-16-19(28)15-26-12-8-18(9-13-26)27-14-7-17-5-3-4-6-20(17)23(27)29/h3-6,10-11,18-19,28H,2,7-9,12-16H2,1H3. The molecule has 0 radical (unpaired) electrons. The van der Waals surface area contributed by atoms with Gasteiger partial charge in [0.15, 0.2) is 5.03 Å². The lowest BCUT2D eigenvalue weighted by molar-refractivity contribution is 0.0363. The second-order valence-electron chi connectivity index (χ2n) is 8.00. The number of aliphatic hydroxyl groups excluding tert-OH is 1. The van der Waals surface area contributed by atoms with Crippen LogP contribution in [0.25, 0.3) is 0 Å². The minimum Gasteiger partial charge on any atom is -0.473 e. The number of nitrogens with zero attached hydrogens (tertiary/aromatic N) is 4. The summed E-state index contributed by atoms with van der Waals surface area (Å²) >= 11 is 1.58. The molecule has 0 spiro atoms. The Kier molecular flexibility index (Phi) is 7.42. The Bertz CT molecular complexity index is 889. The van der Waals surface area contributed by atoms with Gasteiger partial charge in [0.05, 0.1) is 0 Å². The number of carbonyl (C=O) groups excluding carboxylic acids is 1. The van der Waals surface area contributed by atoms with Gasteiger partial charge < -0.3 is 19.6 Å². The van der Waals surface area contributed by atoms with Crippen molar-refractivity contribution < 1.29 is 14.6 Å². The number of aliphatic hydroxyl groups is 1. The van der Waals surface area contributed by atoms with E-state index in [9.17, 15) is 9.90 Å². The molecule has 166 valence electrons. The Morgan fingerprint density at radius 3 is 2.77 bits per heavy atom. The highest BCUT2D eigenvalue weighted by molar-refractivity contribution is 7.99. The molecule has 1 unspecified atom stereocenters. The molecule has 31 heavy (non-hydrogen) atoms. The Morgan fingerprint density at radius 1 is 1.19 bits per heavy atom. The molecule has 1 N–H and O–H groups in total. The molecule has 2 aliphatic rings. The summed E-state index contributed by atoms with van der Waals surface area (Å²) in [7, 11) is 0. The molecule has 4 rings (SSSR count). The molecular formula is C23H30N4O3S. The van der Waals surface area contributed by atoms with E-state index in [0.717, 1.165) is 60.8 Å². The normalized spacial score (nSPS) is 18.6. The summed E-state index contributed by atoms with van der Waals surface area (Å²) in [6, 6.07) is 8.22. The van der Waals surface area contributed by atoms with Crippen LogP contribution in [0.1, 0.15) is 35.7 Å². The molecule has 1 aromatic heterocycles. The average Bonchev–Trinajstić information content (AvgIpc) is 2.80. The highest BCUT2D eigenvalue weighted by Gasteiger charge is 2.32. The van der Waals surface area contributed by atoms with Crippen molar-refractivity contribution in [2.24, 2.45) is 0 Å². The zero-order valence-electron chi connectivity index (χ0n) is 17.9. The van der Waals surface area contributed by atoms with Crippen LogP contribution in [0.4, 0.5) is 0 Å². The number of rotatable bonds is 8. The maximum atomic E-state index is 12.9. The highest BCUT2D eigenvalue weighted by atomic mass is 32.2. The van der Waals surface area contributed by atoms with Gasteiger partial charge >= 0.3 is 0 Å². The second kappa shape index (κ2) is 10.4. The molecule has 2 aromatic rings. The Balaban J connectivity index is 1.24. The van der Waals surface area contributed by atoms with Gasteiger partial charge in [-0.25, -0.2) is 9.97 Å². The number of fused-ring (bicyclic) bond motifs is 1. The minimum absolute atomic E-state index is 0.165. The van der Waals surface area contributed by atoms with E-state index in [2.05, 4.69) is 32.8 Å². The van der Waals surface area contributed by atoms with E-state index >= 15 is 0 Å². The third-order valence-corrected chi connectivity index (χ3v) is 6.77. The Morgan fingerprint density at radius 2 is 1.97 bits per heavy atom. The summed E-state index contributed by atoms with van der Waals surface area (Å²) in [5.41, 5.74) is 2.02. The number of hydrogen-bond donors (Lipinski definition) is 1. The number of amides is 1. The van der Waals surface area contributed by atoms with Crippen LogP contribution in [0.15, 0.2) is 41.7 Å². The van der Waals surface area contributed by atoms with Gasteiger partial charge in [0, 0.05) is 50.2 Å². The predicted octanol–water partition coefficient (Wildman–Crippen LogP) is 2.49. The van der Waals surface area contributed by atoms with Gasteiger partial charge in [-0.3, -0.25) is 4.79 Å². The number of thioether (sulfide) groups is 1. The minimum atomic E-state index is -0.596. The molecule has 3 heterocycles. The number of β-amino-alcohol motifs (C(OH)–C–C–N with tert-alkyl or cyclic N) is 1. The van der Waals surface area contributed by atoms with Crippen molar-refractivity contribution in [2.75, 3.05) is 38.5 Å².